The normalized spacial score (nSPS) is 12.4. The van der Waals surface area contributed by atoms with Crippen LogP contribution in [-0.2, 0) is 0 Å². The van der Waals surface area contributed by atoms with Gasteiger partial charge >= 0.3 is 0 Å². The summed E-state index contributed by atoms with van der Waals surface area (Å²) in [4.78, 5) is 4.24. The maximum atomic E-state index is 8.73. The average molecular weight is 238 g/mol. The van der Waals surface area contributed by atoms with E-state index in [9.17, 15) is 0 Å². The van der Waals surface area contributed by atoms with E-state index in [1.54, 1.807) is 6.20 Å². The first-order valence-electron chi connectivity index (χ1n) is 6.21. The van der Waals surface area contributed by atoms with Gasteiger partial charge in [0, 0.05) is 30.8 Å². The minimum atomic E-state index is 0.145. The van der Waals surface area contributed by atoms with Crippen LogP contribution in [0.3, 0.4) is 0 Å². The molecule has 17 heavy (non-hydrogen) atoms. The minimum Gasteiger partial charge on any atom is -0.477 e. The van der Waals surface area contributed by atoms with E-state index in [0.717, 1.165) is 18.5 Å². The van der Waals surface area contributed by atoms with Crippen molar-refractivity contribution in [1.82, 2.24) is 10.3 Å². The van der Waals surface area contributed by atoms with Crippen LogP contribution in [-0.4, -0.2) is 29.8 Å². The summed E-state index contributed by atoms with van der Waals surface area (Å²) in [7, 11) is 0. The van der Waals surface area contributed by atoms with E-state index in [-0.39, 0.29) is 12.6 Å². The highest BCUT2D eigenvalue weighted by atomic mass is 16.5. The lowest BCUT2D eigenvalue weighted by Gasteiger charge is -2.16. The Labute approximate surface area is 103 Å². The van der Waals surface area contributed by atoms with Crippen molar-refractivity contribution in [3.05, 3.63) is 23.9 Å². The zero-order valence-electron chi connectivity index (χ0n) is 10.6. The molecule has 0 radical (unpaired) electrons. The molecule has 1 heterocycles. The molecule has 0 aliphatic rings. The number of rotatable bonds is 8. The number of aliphatic hydroxyl groups excluding tert-OH is 1. The van der Waals surface area contributed by atoms with Crippen molar-refractivity contribution in [2.45, 2.75) is 32.7 Å². The molecule has 0 bridgehead atoms. The van der Waals surface area contributed by atoms with Crippen LogP contribution in [0.2, 0.25) is 0 Å². The Bertz CT molecular complexity index is 318. The van der Waals surface area contributed by atoms with Crippen molar-refractivity contribution in [3.8, 4) is 5.88 Å². The summed E-state index contributed by atoms with van der Waals surface area (Å²) in [5.74, 6) is 0.664. The Morgan fingerprint density at radius 2 is 2.35 bits per heavy atom. The lowest BCUT2D eigenvalue weighted by atomic mass is 10.1. The summed E-state index contributed by atoms with van der Waals surface area (Å²) in [5, 5.41) is 12.1. The maximum absolute atomic E-state index is 8.73. The summed E-state index contributed by atoms with van der Waals surface area (Å²) < 4.78 is 5.57. The number of hydrogen-bond donors (Lipinski definition) is 2. The van der Waals surface area contributed by atoms with Crippen molar-refractivity contribution in [1.29, 1.82) is 0 Å². The third-order valence-electron chi connectivity index (χ3n) is 2.51. The number of aromatic nitrogens is 1. The highest BCUT2D eigenvalue weighted by Crippen LogP contribution is 2.22. The van der Waals surface area contributed by atoms with Gasteiger partial charge in [0.25, 0.3) is 0 Å². The van der Waals surface area contributed by atoms with E-state index in [1.165, 1.54) is 0 Å². The molecule has 4 heteroatoms. The number of pyridine rings is 1. The van der Waals surface area contributed by atoms with Gasteiger partial charge in [0.15, 0.2) is 0 Å². The van der Waals surface area contributed by atoms with Gasteiger partial charge in [-0.05, 0) is 26.0 Å². The van der Waals surface area contributed by atoms with E-state index >= 15 is 0 Å². The van der Waals surface area contributed by atoms with Gasteiger partial charge in [0.1, 0.15) is 0 Å². The third-order valence-corrected chi connectivity index (χ3v) is 2.51. The van der Waals surface area contributed by atoms with Crippen LogP contribution >= 0.6 is 0 Å². The summed E-state index contributed by atoms with van der Waals surface area (Å²) in [6.45, 7) is 5.87. The lowest BCUT2D eigenvalue weighted by molar-refractivity contribution is 0.227. The number of aliphatic hydroxyl groups is 1. The van der Waals surface area contributed by atoms with Gasteiger partial charge in [0.2, 0.25) is 5.88 Å². The Balaban J connectivity index is 2.62. The SMILES string of the molecule is CCCNC(C)c1cccnc1OCCCO. The number of nitrogens with one attached hydrogen (secondary N) is 1. The first kappa shape index (κ1) is 13.9. The number of ether oxygens (including phenoxy) is 1. The van der Waals surface area contributed by atoms with Gasteiger partial charge in [-0.25, -0.2) is 4.98 Å². The van der Waals surface area contributed by atoms with Crippen LogP contribution < -0.4 is 10.1 Å². The van der Waals surface area contributed by atoms with Gasteiger partial charge in [-0.1, -0.05) is 13.0 Å². The molecule has 0 saturated carbocycles. The Kier molecular flexibility index (Phi) is 6.58. The zero-order valence-corrected chi connectivity index (χ0v) is 10.6. The summed E-state index contributed by atoms with van der Waals surface area (Å²) in [6.07, 6.45) is 3.46. The molecule has 0 aromatic carbocycles. The van der Waals surface area contributed by atoms with Crippen LogP contribution in [0.25, 0.3) is 0 Å². The van der Waals surface area contributed by atoms with Crippen LogP contribution in [0.4, 0.5) is 0 Å². The average Bonchev–Trinajstić information content (AvgIpc) is 2.37. The van der Waals surface area contributed by atoms with Crippen molar-refractivity contribution in [2.75, 3.05) is 19.8 Å². The summed E-state index contributed by atoms with van der Waals surface area (Å²) >= 11 is 0. The van der Waals surface area contributed by atoms with Crippen LogP contribution in [0, 0.1) is 0 Å². The molecule has 2 N–H and O–H groups in total. The molecule has 0 spiro atoms. The predicted molar refractivity (Wildman–Crippen MR) is 68.1 cm³/mol. The maximum Gasteiger partial charge on any atom is 0.218 e. The number of nitrogens with zero attached hydrogens (tertiary/aromatic N) is 1. The predicted octanol–water partition coefficient (Wildman–Crippen LogP) is 1.90. The summed E-state index contributed by atoms with van der Waals surface area (Å²) in [6, 6.07) is 4.17. The molecule has 0 fully saturated rings. The van der Waals surface area contributed by atoms with Crippen LogP contribution in [0.5, 0.6) is 5.88 Å². The standard InChI is InChI=1S/C13H22N2O2/c1-3-7-14-11(2)12-6-4-8-15-13(12)17-10-5-9-16/h4,6,8,11,14,16H,3,5,7,9-10H2,1-2H3. The molecule has 1 unspecified atom stereocenters. The van der Waals surface area contributed by atoms with Crippen molar-refractivity contribution in [2.24, 2.45) is 0 Å². The van der Waals surface area contributed by atoms with Crippen LogP contribution in [0.1, 0.15) is 38.3 Å². The second kappa shape index (κ2) is 8.03. The van der Waals surface area contributed by atoms with Crippen molar-refractivity contribution < 1.29 is 9.84 Å². The Morgan fingerprint density at radius 3 is 3.06 bits per heavy atom. The Hall–Kier alpha value is -1.13. The number of hydrogen-bond acceptors (Lipinski definition) is 4. The quantitative estimate of drug-likeness (QED) is 0.679. The first-order chi connectivity index (χ1) is 8.29. The molecule has 96 valence electrons. The third kappa shape index (κ3) is 4.71. The molecule has 1 aromatic heterocycles. The van der Waals surface area contributed by atoms with Gasteiger partial charge in [-0.3, -0.25) is 0 Å². The smallest absolute Gasteiger partial charge is 0.218 e. The molecule has 0 aliphatic heterocycles. The molecule has 1 rings (SSSR count). The highest BCUT2D eigenvalue weighted by Gasteiger charge is 2.11. The fraction of sp³-hybridized carbons (Fsp3) is 0.615. The molecule has 0 amide bonds. The van der Waals surface area contributed by atoms with Crippen LogP contribution in [0.15, 0.2) is 18.3 Å². The second-order valence-corrected chi connectivity index (χ2v) is 4.00. The van der Waals surface area contributed by atoms with E-state index in [4.69, 9.17) is 9.84 Å². The van der Waals surface area contributed by atoms with E-state index in [0.29, 0.717) is 18.9 Å². The molecule has 0 saturated heterocycles. The monoisotopic (exact) mass is 238 g/mol. The topological polar surface area (TPSA) is 54.4 Å². The van der Waals surface area contributed by atoms with Crippen molar-refractivity contribution >= 4 is 0 Å². The van der Waals surface area contributed by atoms with Gasteiger partial charge in [-0.2, -0.15) is 0 Å². The van der Waals surface area contributed by atoms with Crippen molar-refractivity contribution in [3.63, 3.8) is 0 Å². The molecule has 4 nitrogen and oxygen atoms in total. The highest BCUT2D eigenvalue weighted by molar-refractivity contribution is 5.28. The van der Waals surface area contributed by atoms with E-state index in [2.05, 4.69) is 24.1 Å². The zero-order chi connectivity index (χ0) is 12.5. The largest absolute Gasteiger partial charge is 0.477 e. The molecular weight excluding hydrogens is 216 g/mol. The fourth-order valence-electron chi connectivity index (χ4n) is 1.56. The van der Waals surface area contributed by atoms with Gasteiger partial charge in [0.05, 0.1) is 6.61 Å². The molecule has 1 atom stereocenters. The van der Waals surface area contributed by atoms with E-state index < -0.39 is 0 Å². The molecule has 1 aromatic rings. The van der Waals surface area contributed by atoms with Gasteiger partial charge < -0.3 is 15.2 Å². The minimum absolute atomic E-state index is 0.145. The molecule has 0 aliphatic carbocycles. The first-order valence-corrected chi connectivity index (χ1v) is 6.21. The summed E-state index contributed by atoms with van der Waals surface area (Å²) in [5.41, 5.74) is 1.07. The lowest BCUT2D eigenvalue weighted by Crippen LogP contribution is -2.20. The fourth-order valence-corrected chi connectivity index (χ4v) is 1.56. The van der Waals surface area contributed by atoms with Gasteiger partial charge in [-0.15, -0.1) is 0 Å². The van der Waals surface area contributed by atoms with E-state index in [1.807, 2.05) is 12.1 Å². The molecular formula is C13H22N2O2. The second-order valence-electron chi connectivity index (χ2n) is 4.00. The Morgan fingerprint density at radius 1 is 1.53 bits per heavy atom.